The van der Waals surface area contributed by atoms with Gasteiger partial charge in [-0.05, 0) is 44.6 Å². The van der Waals surface area contributed by atoms with Crippen LogP contribution < -0.4 is 4.90 Å². The van der Waals surface area contributed by atoms with E-state index in [0.717, 1.165) is 43.0 Å². The maximum Gasteiger partial charge on any atom is 0.309 e. The van der Waals surface area contributed by atoms with Crippen LogP contribution in [0.5, 0.6) is 0 Å². The average molecular weight is 331 g/mol. The van der Waals surface area contributed by atoms with Crippen LogP contribution in [0.15, 0.2) is 6.33 Å². The number of fused-ring (bicyclic) bond motifs is 3. The minimum absolute atomic E-state index is 0.0386. The maximum absolute atomic E-state index is 11.9. The van der Waals surface area contributed by atoms with Crippen LogP contribution in [0.2, 0.25) is 0 Å². The predicted octanol–water partition coefficient (Wildman–Crippen LogP) is 2.96. The van der Waals surface area contributed by atoms with Crippen molar-refractivity contribution in [1.82, 2.24) is 9.97 Å². The number of esters is 1. The summed E-state index contributed by atoms with van der Waals surface area (Å²) in [5, 5.41) is 1.26. The molecule has 4 rings (SSSR count). The number of hydrogen-bond acceptors (Lipinski definition) is 6. The molecular weight excluding hydrogens is 310 g/mol. The number of carbonyl (C=O) groups excluding carboxylic acids is 1. The Bertz CT molecular complexity index is 735. The van der Waals surface area contributed by atoms with Crippen molar-refractivity contribution >= 4 is 33.3 Å². The molecule has 1 fully saturated rings. The van der Waals surface area contributed by atoms with Gasteiger partial charge in [-0.15, -0.1) is 11.3 Å². The Balaban J connectivity index is 1.58. The molecule has 0 atom stereocenters. The molecular formula is C17H21N3O2S. The molecule has 0 N–H and O–H groups in total. The van der Waals surface area contributed by atoms with E-state index in [-0.39, 0.29) is 11.9 Å². The molecule has 5 nitrogen and oxygen atoms in total. The minimum atomic E-state index is -0.0450. The number of rotatable bonds is 3. The van der Waals surface area contributed by atoms with Gasteiger partial charge in [-0.25, -0.2) is 9.97 Å². The van der Waals surface area contributed by atoms with Crippen LogP contribution in [-0.4, -0.2) is 35.6 Å². The summed E-state index contributed by atoms with van der Waals surface area (Å²) in [5.74, 6) is 1.06. The molecule has 0 bridgehead atoms. The van der Waals surface area contributed by atoms with Gasteiger partial charge in [0.2, 0.25) is 0 Å². The lowest BCUT2D eigenvalue weighted by Crippen LogP contribution is -2.37. The number of aromatic nitrogens is 2. The zero-order chi connectivity index (χ0) is 15.8. The minimum Gasteiger partial charge on any atom is -0.466 e. The van der Waals surface area contributed by atoms with Crippen molar-refractivity contribution in [1.29, 1.82) is 0 Å². The van der Waals surface area contributed by atoms with Crippen molar-refractivity contribution in [3.8, 4) is 0 Å². The summed E-state index contributed by atoms with van der Waals surface area (Å²) in [5.41, 5.74) is 1.47. The molecule has 0 saturated carbocycles. The molecule has 2 aromatic heterocycles. The standard InChI is InChI=1S/C17H21N3O2S/c1-2-22-17(21)11-6-8-20(9-7-11)15-14-12-4-3-5-13(12)23-16(14)19-10-18-15/h10-11H,2-9H2,1H3. The van der Waals surface area contributed by atoms with Gasteiger partial charge in [0.1, 0.15) is 17.0 Å². The van der Waals surface area contributed by atoms with Gasteiger partial charge in [0, 0.05) is 18.0 Å². The van der Waals surface area contributed by atoms with Crippen LogP contribution >= 0.6 is 11.3 Å². The molecule has 0 aromatic carbocycles. The normalized spacial score (nSPS) is 18.4. The third-order valence-electron chi connectivity index (χ3n) is 4.90. The van der Waals surface area contributed by atoms with Crippen molar-refractivity contribution in [3.05, 3.63) is 16.8 Å². The molecule has 6 heteroatoms. The Hall–Kier alpha value is -1.69. The molecule has 0 unspecified atom stereocenters. The van der Waals surface area contributed by atoms with E-state index < -0.39 is 0 Å². The highest BCUT2D eigenvalue weighted by Gasteiger charge is 2.29. The second kappa shape index (κ2) is 6.07. The average Bonchev–Trinajstić information content (AvgIpc) is 3.15. The summed E-state index contributed by atoms with van der Waals surface area (Å²) in [6.07, 6.45) is 6.94. The fraction of sp³-hybridized carbons (Fsp3) is 0.588. The summed E-state index contributed by atoms with van der Waals surface area (Å²) < 4.78 is 5.16. The Morgan fingerprint density at radius 2 is 2.17 bits per heavy atom. The largest absolute Gasteiger partial charge is 0.466 e. The summed E-state index contributed by atoms with van der Waals surface area (Å²) >= 11 is 1.82. The molecule has 0 radical (unpaired) electrons. The number of aryl methyl sites for hydroxylation is 2. The number of anilines is 1. The van der Waals surface area contributed by atoms with Crippen LogP contribution in [0.3, 0.4) is 0 Å². The second-order valence-electron chi connectivity index (χ2n) is 6.25. The number of carbonyl (C=O) groups is 1. The molecule has 1 saturated heterocycles. The predicted molar refractivity (Wildman–Crippen MR) is 91.0 cm³/mol. The van der Waals surface area contributed by atoms with Crippen LogP contribution in [-0.2, 0) is 22.4 Å². The van der Waals surface area contributed by atoms with Gasteiger partial charge in [0.05, 0.1) is 17.9 Å². The van der Waals surface area contributed by atoms with E-state index in [1.807, 2.05) is 18.3 Å². The van der Waals surface area contributed by atoms with E-state index in [9.17, 15) is 4.79 Å². The summed E-state index contributed by atoms with van der Waals surface area (Å²) in [6, 6.07) is 0. The molecule has 0 spiro atoms. The SMILES string of the molecule is CCOC(=O)C1CCN(c2ncnc3sc4c(c23)CCC4)CC1. The molecule has 23 heavy (non-hydrogen) atoms. The molecule has 2 aromatic rings. The van der Waals surface area contributed by atoms with Gasteiger partial charge in [0.15, 0.2) is 0 Å². The van der Waals surface area contributed by atoms with Gasteiger partial charge < -0.3 is 9.64 Å². The number of nitrogens with zero attached hydrogens (tertiary/aromatic N) is 3. The van der Waals surface area contributed by atoms with Gasteiger partial charge >= 0.3 is 5.97 Å². The quantitative estimate of drug-likeness (QED) is 0.809. The maximum atomic E-state index is 11.9. The van der Waals surface area contributed by atoms with E-state index in [0.29, 0.717) is 6.61 Å². The van der Waals surface area contributed by atoms with E-state index >= 15 is 0 Å². The third-order valence-corrected chi connectivity index (χ3v) is 6.10. The summed E-state index contributed by atoms with van der Waals surface area (Å²) in [4.78, 5) is 25.9. The van der Waals surface area contributed by atoms with E-state index in [1.54, 1.807) is 6.33 Å². The first-order valence-corrected chi connectivity index (χ1v) is 9.26. The van der Waals surface area contributed by atoms with Crippen molar-refractivity contribution in [2.75, 3.05) is 24.6 Å². The number of ether oxygens (including phenoxy) is 1. The molecule has 1 aliphatic carbocycles. The zero-order valence-corrected chi connectivity index (χ0v) is 14.2. The summed E-state index contributed by atoms with van der Waals surface area (Å²) in [6.45, 7) is 4.05. The van der Waals surface area contributed by atoms with Crippen LogP contribution in [0, 0.1) is 5.92 Å². The smallest absolute Gasteiger partial charge is 0.309 e. The van der Waals surface area contributed by atoms with Crippen molar-refractivity contribution in [3.63, 3.8) is 0 Å². The zero-order valence-electron chi connectivity index (χ0n) is 13.4. The van der Waals surface area contributed by atoms with E-state index in [1.165, 1.54) is 28.7 Å². The molecule has 0 amide bonds. The Morgan fingerprint density at radius 3 is 2.96 bits per heavy atom. The lowest BCUT2D eigenvalue weighted by atomic mass is 9.97. The highest BCUT2D eigenvalue weighted by Crippen LogP contribution is 2.40. The molecule has 122 valence electrons. The van der Waals surface area contributed by atoms with Gasteiger partial charge in [-0.3, -0.25) is 4.79 Å². The van der Waals surface area contributed by atoms with Gasteiger partial charge in [-0.2, -0.15) is 0 Å². The van der Waals surface area contributed by atoms with Crippen molar-refractivity contribution < 1.29 is 9.53 Å². The fourth-order valence-electron chi connectivity index (χ4n) is 3.74. The fourth-order valence-corrected chi connectivity index (χ4v) is 4.96. The lowest BCUT2D eigenvalue weighted by molar-refractivity contribution is -0.148. The van der Waals surface area contributed by atoms with Crippen molar-refractivity contribution in [2.24, 2.45) is 5.92 Å². The van der Waals surface area contributed by atoms with Crippen LogP contribution in [0.4, 0.5) is 5.82 Å². The first-order chi connectivity index (χ1) is 11.3. The summed E-state index contributed by atoms with van der Waals surface area (Å²) in [7, 11) is 0. The van der Waals surface area contributed by atoms with Crippen molar-refractivity contribution in [2.45, 2.75) is 39.0 Å². The van der Waals surface area contributed by atoms with Crippen LogP contribution in [0.25, 0.3) is 10.2 Å². The number of hydrogen-bond donors (Lipinski definition) is 0. The second-order valence-corrected chi connectivity index (χ2v) is 7.33. The molecule has 3 heterocycles. The van der Waals surface area contributed by atoms with E-state index in [2.05, 4.69) is 14.9 Å². The monoisotopic (exact) mass is 331 g/mol. The Morgan fingerprint density at radius 1 is 1.35 bits per heavy atom. The molecule has 2 aliphatic rings. The lowest BCUT2D eigenvalue weighted by Gasteiger charge is -2.32. The van der Waals surface area contributed by atoms with Gasteiger partial charge in [0.25, 0.3) is 0 Å². The number of piperidine rings is 1. The molecule has 1 aliphatic heterocycles. The highest BCUT2D eigenvalue weighted by atomic mass is 32.1. The van der Waals surface area contributed by atoms with E-state index in [4.69, 9.17) is 4.74 Å². The Labute approximate surface area is 139 Å². The number of thiophene rings is 1. The van der Waals surface area contributed by atoms with Gasteiger partial charge in [-0.1, -0.05) is 0 Å². The Kier molecular flexibility index (Phi) is 3.93. The van der Waals surface area contributed by atoms with Crippen LogP contribution in [0.1, 0.15) is 36.6 Å². The first-order valence-electron chi connectivity index (χ1n) is 8.44. The highest BCUT2D eigenvalue weighted by molar-refractivity contribution is 7.19. The first kappa shape index (κ1) is 14.9. The topological polar surface area (TPSA) is 55.3 Å². The third kappa shape index (κ3) is 2.59.